The molecule has 2 aliphatic heterocycles. The van der Waals surface area contributed by atoms with Crippen LogP contribution in [0.3, 0.4) is 0 Å². The van der Waals surface area contributed by atoms with Crippen LogP contribution in [-0.4, -0.2) is 22.8 Å². The van der Waals surface area contributed by atoms with E-state index in [1.807, 2.05) is 0 Å². The lowest BCUT2D eigenvalue weighted by Crippen LogP contribution is -2.47. The van der Waals surface area contributed by atoms with E-state index in [0.717, 1.165) is 0 Å². The van der Waals surface area contributed by atoms with Gasteiger partial charge >= 0.3 is 0 Å². The van der Waals surface area contributed by atoms with Crippen LogP contribution in [0.2, 0.25) is 5.02 Å². The number of carbonyl (C=O) groups excluding carboxylic acids is 1. The van der Waals surface area contributed by atoms with E-state index in [2.05, 4.69) is 12.1 Å². The Balaban J connectivity index is 1.84. The van der Waals surface area contributed by atoms with E-state index in [4.69, 9.17) is 11.6 Å². The van der Waals surface area contributed by atoms with E-state index in [9.17, 15) is 25.4 Å². The Morgan fingerprint density at radius 2 is 1.60 bits per heavy atom. The molecule has 0 amide bonds. The Morgan fingerprint density at radius 3 is 2.23 bits per heavy atom. The van der Waals surface area contributed by atoms with Crippen molar-refractivity contribution in [1.29, 1.82) is 10.5 Å². The van der Waals surface area contributed by atoms with Crippen molar-refractivity contribution >= 4 is 29.1 Å². The first-order valence-electron chi connectivity index (χ1n) is 10.8. The molecule has 3 atom stereocenters. The Kier molecular flexibility index (Phi) is 5.36. The number of Topliss-reactive ketones (excluding diaryl/α,β-unsaturated/α-hetero) is 1. The van der Waals surface area contributed by atoms with Gasteiger partial charge in [0.25, 0.3) is 5.70 Å². The molecule has 3 aromatic rings. The molecule has 2 aliphatic rings. The van der Waals surface area contributed by atoms with Gasteiger partial charge in [-0.15, -0.1) is 0 Å². The lowest BCUT2D eigenvalue weighted by molar-refractivity contribution is -0.429. The number of rotatable bonds is 4. The van der Waals surface area contributed by atoms with Gasteiger partial charge in [0.2, 0.25) is 0 Å². The van der Waals surface area contributed by atoms with Gasteiger partial charge in [-0.05, 0) is 35.9 Å². The predicted molar refractivity (Wildman–Crippen MR) is 130 cm³/mol. The number of halogens is 1. The van der Waals surface area contributed by atoms with E-state index in [1.165, 1.54) is 6.08 Å². The van der Waals surface area contributed by atoms with Gasteiger partial charge in [0.1, 0.15) is 6.04 Å². The number of nitriles is 2. The molecule has 0 spiro atoms. The fourth-order valence-corrected chi connectivity index (χ4v) is 5.44. The molecule has 0 aliphatic carbocycles. The summed E-state index contributed by atoms with van der Waals surface area (Å²) in [7, 11) is 0. The number of anilines is 1. The van der Waals surface area contributed by atoms with Gasteiger partial charge in [0, 0.05) is 33.8 Å². The molecule has 35 heavy (non-hydrogen) atoms. The highest BCUT2D eigenvalue weighted by Gasteiger charge is 2.68. The largest absolute Gasteiger partial charge is 0.344 e. The maximum absolute atomic E-state index is 14.1. The Hall–Kier alpha value is -4.46. The summed E-state index contributed by atoms with van der Waals surface area (Å²) in [5, 5.41) is 33.6. The standard InChI is InChI=1S/C27H17ClN4O3/c28-20-12-10-18(11-13-20)25(33)24-23(17-6-2-1-3-7-17)27(15-29,16-30)26-22(32(34)35)14-19-8-4-5-9-21(19)31(24)26/h1-14,23-24,26H. The summed E-state index contributed by atoms with van der Waals surface area (Å²) in [6.07, 6.45) is 1.40. The number of nitrogens with zero attached hydrogens (tertiary/aromatic N) is 4. The molecular weight excluding hydrogens is 464 g/mol. The van der Waals surface area contributed by atoms with E-state index in [-0.39, 0.29) is 11.5 Å². The molecular formula is C27H17ClN4O3. The van der Waals surface area contributed by atoms with Crippen LogP contribution < -0.4 is 4.90 Å². The first-order chi connectivity index (χ1) is 16.9. The summed E-state index contributed by atoms with van der Waals surface area (Å²) in [6, 6.07) is 24.1. The molecule has 3 aromatic carbocycles. The average molecular weight is 481 g/mol. The Bertz CT molecular complexity index is 1440. The second-order valence-corrected chi connectivity index (χ2v) is 8.93. The van der Waals surface area contributed by atoms with Gasteiger partial charge in [-0.2, -0.15) is 10.5 Å². The van der Waals surface area contributed by atoms with Crippen molar-refractivity contribution in [3.05, 3.63) is 116 Å². The van der Waals surface area contributed by atoms with Crippen molar-refractivity contribution in [2.75, 3.05) is 4.90 Å². The third-order valence-electron chi connectivity index (χ3n) is 6.75. The molecule has 3 unspecified atom stereocenters. The molecule has 8 heteroatoms. The zero-order chi connectivity index (χ0) is 24.7. The van der Waals surface area contributed by atoms with Crippen LogP contribution in [0.15, 0.2) is 84.6 Å². The molecule has 0 saturated carbocycles. The number of nitro groups is 1. The topological polar surface area (TPSA) is 111 Å². The summed E-state index contributed by atoms with van der Waals surface area (Å²) in [4.78, 5) is 27.4. The highest BCUT2D eigenvalue weighted by Crippen LogP contribution is 2.57. The van der Waals surface area contributed by atoms with Gasteiger partial charge < -0.3 is 4.90 Å². The van der Waals surface area contributed by atoms with E-state index in [1.54, 1.807) is 83.8 Å². The molecule has 0 N–H and O–H groups in total. The highest BCUT2D eigenvalue weighted by molar-refractivity contribution is 6.30. The molecule has 0 radical (unpaired) electrons. The zero-order valence-electron chi connectivity index (χ0n) is 18.2. The quantitative estimate of drug-likeness (QED) is 0.287. The number of benzene rings is 3. The van der Waals surface area contributed by atoms with Crippen molar-refractivity contribution in [3.8, 4) is 12.1 Å². The average Bonchev–Trinajstić information content (AvgIpc) is 3.20. The SMILES string of the molecule is N#CC1(C#N)C(c2ccccc2)C(C(=O)c2ccc(Cl)cc2)N2c3ccccc3C=C([N+](=O)[O-])C21. The molecule has 170 valence electrons. The van der Waals surface area contributed by atoms with E-state index >= 15 is 0 Å². The van der Waals surface area contributed by atoms with Crippen LogP contribution in [-0.2, 0) is 0 Å². The minimum atomic E-state index is -1.90. The van der Waals surface area contributed by atoms with Crippen molar-refractivity contribution in [3.63, 3.8) is 0 Å². The normalized spacial score (nSPS) is 21.6. The summed E-state index contributed by atoms with van der Waals surface area (Å²) in [5.74, 6) is -1.31. The van der Waals surface area contributed by atoms with Gasteiger partial charge in [0.15, 0.2) is 17.2 Å². The third-order valence-corrected chi connectivity index (χ3v) is 7.00. The third kappa shape index (κ3) is 3.29. The number of fused-ring (bicyclic) bond motifs is 3. The van der Waals surface area contributed by atoms with Gasteiger partial charge in [-0.3, -0.25) is 14.9 Å². The predicted octanol–water partition coefficient (Wildman–Crippen LogP) is 5.23. The van der Waals surface area contributed by atoms with Crippen molar-refractivity contribution in [2.45, 2.75) is 18.0 Å². The van der Waals surface area contributed by atoms with Gasteiger partial charge in [-0.1, -0.05) is 60.1 Å². The molecule has 2 heterocycles. The molecule has 0 aromatic heterocycles. The zero-order valence-corrected chi connectivity index (χ0v) is 19.0. The second-order valence-electron chi connectivity index (χ2n) is 8.49. The Labute approximate surface area is 206 Å². The van der Waals surface area contributed by atoms with Crippen molar-refractivity contribution in [1.82, 2.24) is 0 Å². The van der Waals surface area contributed by atoms with Gasteiger partial charge in [0.05, 0.1) is 17.1 Å². The summed E-state index contributed by atoms with van der Waals surface area (Å²) >= 11 is 6.03. The van der Waals surface area contributed by atoms with E-state index in [0.29, 0.717) is 27.4 Å². The second kappa shape index (κ2) is 8.39. The molecule has 1 saturated heterocycles. The van der Waals surface area contributed by atoms with Crippen LogP contribution in [0.4, 0.5) is 5.69 Å². The summed E-state index contributed by atoms with van der Waals surface area (Å²) in [5.41, 5.74) is -0.177. The van der Waals surface area contributed by atoms with Crippen molar-refractivity contribution in [2.24, 2.45) is 5.41 Å². The monoisotopic (exact) mass is 480 g/mol. The number of carbonyl (C=O) groups is 1. The highest BCUT2D eigenvalue weighted by atomic mass is 35.5. The molecule has 7 nitrogen and oxygen atoms in total. The lowest BCUT2D eigenvalue weighted by atomic mass is 9.68. The fraction of sp³-hybridized carbons (Fsp3) is 0.148. The van der Waals surface area contributed by atoms with Crippen LogP contribution in [0.25, 0.3) is 6.08 Å². The smallest absolute Gasteiger partial charge is 0.271 e. The number of ketones is 1. The fourth-order valence-electron chi connectivity index (χ4n) is 5.31. The minimum absolute atomic E-state index is 0.292. The van der Waals surface area contributed by atoms with Crippen LogP contribution in [0, 0.1) is 38.2 Å². The maximum Gasteiger partial charge on any atom is 0.271 e. The van der Waals surface area contributed by atoms with Crippen molar-refractivity contribution < 1.29 is 9.72 Å². The number of hydrogen-bond acceptors (Lipinski definition) is 6. The number of hydrogen-bond donors (Lipinski definition) is 0. The molecule has 5 rings (SSSR count). The van der Waals surface area contributed by atoms with E-state index < -0.39 is 28.3 Å². The Morgan fingerprint density at radius 1 is 0.971 bits per heavy atom. The number of para-hydroxylation sites is 1. The minimum Gasteiger partial charge on any atom is -0.344 e. The summed E-state index contributed by atoms with van der Waals surface area (Å²) in [6.45, 7) is 0. The van der Waals surface area contributed by atoms with Crippen LogP contribution in [0.5, 0.6) is 0 Å². The molecule has 1 fully saturated rings. The first kappa shape index (κ1) is 22.3. The van der Waals surface area contributed by atoms with Crippen LogP contribution >= 0.6 is 11.6 Å². The maximum atomic E-state index is 14.1. The summed E-state index contributed by atoms with van der Waals surface area (Å²) < 4.78 is 0. The van der Waals surface area contributed by atoms with Gasteiger partial charge in [-0.25, -0.2) is 0 Å². The molecule has 0 bridgehead atoms. The first-order valence-corrected chi connectivity index (χ1v) is 11.2. The van der Waals surface area contributed by atoms with Crippen LogP contribution in [0.1, 0.15) is 27.4 Å². The lowest BCUT2D eigenvalue weighted by Gasteiger charge is -2.35.